The number of nitrogens with zero attached hydrogens (tertiary/aromatic N) is 1. The summed E-state index contributed by atoms with van der Waals surface area (Å²) in [6.45, 7) is 0. The molecule has 1 aliphatic heterocycles. The van der Waals surface area contributed by atoms with Crippen LogP contribution in [0, 0.1) is 0 Å². The van der Waals surface area contributed by atoms with Crippen molar-refractivity contribution in [3.63, 3.8) is 0 Å². The zero-order valence-electron chi connectivity index (χ0n) is 9.52. The number of aliphatic hydroxyl groups is 1. The quantitative estimate of drug-likeness (QED) is 0.506. The van der Waals surface area contributed by atoms with Crippen molar-refractivity contribution in [2.24, 2.45) is 4.36 Å². The van der Waals surface area contributed by atoms with Gasteiger partial charge >= 0.3 is 5.97 Å². The molecule has 19 heavy (non-hydrogen) atoms. The van der Waals surface area contributed by atoms with Crippen LogP contribution in [-0.2, 0) is 19.3 Å². The van der Waals surface area contributed by atoms with Crippen LogP contribution in [0.4, 0.5) is 0 Å². The first-order valence-electron chi connectivity index (χ1n) is 5.14. The lowest BCUT2D eigenvalue weighted by Gasteiger charge is -1.98. The van der Waals surface area contributed by atoms with Crippen molar-refractivity contribution < 1.29 is 19.8 Å². The highest BCUT2D eigenvalue weighted by atomic mass is 33.1. The molecule has 0 aromatic heterocycles. The predicted octanol–water partition coefficient (Wildman–Crippen LogP) is 2.45. The summed E-state index contributed by atoms with van der Waals surface area (Å²) in [4.78, 5) is 23.1. The number of hydrogen-bond acceptors (Lipinski definition) is 5. The number of carboxylic acid groups (broad SMARTS) is 1. The van der Waals surface area contributed by atoms with E-state index in [-0.39, 0.29) is 5.70 Å². The van der Waals surface area contributed by atoms with Crippen LogP contribution in [0.2, 0.25) is 0 Å². The van der Waals surface area contributed by atoms with Crippen molar-refractivity contribution in [3.05, 3.63) is 53.3 Å². The molecule has 1 atom stereocenters. The van der Waals surface area contributed by atoms with Gasteiger partial charge in [-0.2, -0.15) is 0 Å². The molecule has 0 amide bonds. The van der Waals surface area contributed by atoms with Crippen molar-refractivity contribution in [1.82, 2.24) is 0 Å². The molecule has 1 aliphatic rings. The molecule has 0 saturated carbocycles. The number of carbonyl (C=O) groups excluding carboxylic acids is 1. The first kappa shape index (κ1) is 13.6. The molecule has 2 rings (SSSR count). The van der Waals surface area contributed by atoms with Crippen molar-refractivity contribution in [2.75, 3.05) is 0 Å². The molecular weight excluding hydrogens is 286 g/mol. The number of benzene rings is 1. The topological polar surface area (TPSA) is 87.0 Å². The molecule has 7 heteroatoms. The van der Waals surface area contributed by atoms with E-state index in [4.69, 9.17) is 10.2 Å². The molecule has 0 radical (unpaired) electrons. The predicted molar refractivity (Wildman–Crippen MR) is 73.5 cm³/mol. The maximum absolute atomic E-state index is 11.7. The lowest BCUT2D eigenvalue weighted by atomic mass is 10.3. The zero-order valence-corrected chi connectivity index (χ0v) is 11.1. The van der Waals surface area contributed by atoms with Crippen LogP contribution in [0.15, 0.2) is 62.5 Å². The summed E-state index contributed by atoms with van der Waals surface area (Å²) in [7, 11) is 0.890. The Morgan fingerprint density at radius 3 is 2.53 bits per heavy atom. The number of aliphatic carboxylic acids is 1. The van der Waals surface area contributed by atoms with Crippen molar-refractivity contribution in [3.8, 4) is 0 Å². The van der Waals surface area contributed by atoms with Crippen LogP contribution < -0.4 is 0 Å². The molecule has 1 heterocycles. The summed E-state index contributed by atoms with van der Waals surface area (Å²) in [5.41, 5.74) is 0.157. The second-order valence-electron chi connectivity index (χ2n) is 3.45. The Bertz CT molecular complexity index is 620. The number of allylic oxidation sites excluding steroid dienone is 1. The van der Waals surface area contributed by atoms with Gasteiger partial charge in [-0.3, -0.25) is 4.79 Å². The van der Waals surface area contributed by atoms with Crippen molar-refractivity contribution >= 4 is 32.3 Å². The first-order chi connectivity index (χ1) is 9.08. The maximum Gasteiger partial charge on any atom is 0.371 e. The minimum absolute atomic E-state index is 0.157. The van der Waals surface area contributed by atoms with Crippen molar-refractivity contribution in [2.45, 2.75) is 4.90 Å². The van der Waals surface area contributed by atoms with Gasteiger partial charge in [-0.05, 0) is 32.6 Å². The van der Waals surface area contributed by atoms with E-state index in [0.717, 1.165) is 4.90 Å². The SMILES string of the molecule is O=C(O)C(O)=CC(=O)C1=CSS(c2ccccc2)=N1. The highest BCUT2D eigenvalue weighted by Gasteiger charge is 2.17. The Labute approximate surface area is 115 Å². The average Bonchev–Trinajstić information content (AvgIpc) is 2.89. The monoisotopic (exact) mass is 295 g/mol. The van der Waals surface area contributed by atoms with E-state index < -0.39 is 27.2 Å². The molecule has 1 aromatic carbocycles. The molecular formula is C12H9NO4S2. The third-order valence-electron chi connectivity index (χ3n) is 2.12. The van der Waals surface area contributed by atoms with Crippen LogP contribution in [0.5, 0.6) is 0 Å². The number of carbonyl (C=O) groups is 2. The van der Waals surface area contributed by atoms with E-state index >= 15 is 0 Å². The fourth-order valence-corrected chi connectivity index (χ4v) is 4.20. The molecule has 1 unspecified atom stereocenters. The van der Waals surface area contributed by atoms with Gasteiger partial charge in [0.1, 0.15) is 5.70 Å². The molecule has 2 N–H and O–H groups in total. The Kier molecular flexibility index (Phi) is 4.18. The van der Waals surface area contributed by atoms with Gasteiger partial charge in [0.15, 0.2) is 0 Å². The van der Waals surface area contributed by atoms with E-state index in [1.54, 1.807) is 5.41 Å². The minimum Gasteiger partial charge on any atom is -0.502 e. The van der Waals surface area contributed by atoms with Gasteiger partial charge in [-0.25, -0.2) is 9.16 Å². The number of carboxylic acids is 1. The maximum atomic E-state index is 11.7. The number of aliphatic hydroxyl groups excluding tert-OH is 1. The zero-order chi connectivity index (χ0) is 13.8. The fraction of sp³-hybridized carbons (Fsp3) is 0. The number of rotatable bonds is 4. The van der Waals surface area contributed by atoms with E-state index in [1.165, 1.54) is 10.8 Å². The van der Waals surface area contributed by atoms with Crippen LogP contribution in [0.3, 0.4) is 0 Å². The summed E-state index contributed by atoms with van der Waals surface area (Å²) < 4.78 is 4.22. The lowest BCUT2D eigenvalue weighted by Crippen LogP contribution is -2.04. The highest BCUT2D eigenvalue weighted by molar-refractivity contribution is 8.71. The van der Waals surface area contributed by atoms with E-state index in [1.807, 2.05) is 30.3 Å². The van der Waals surface area contributed by atoms with Gasteiger partial charge in [-0.1, -0.05) is 18.2 Å². The van der Waals surface area contributed by atoms with E-state index in [2.05, 4.69) is 4.36 Å². The second-order valence-corrected chi connectivity index (χ2v) is 6.56. The molecule has 0 fully saturated rings. The van der Waals surface area contributed by atoms with Gasteiger partial charge < -0.3 is 10.2 Å². The summed E-state index contributed by atoms with van der Waals surface area (Å²) >= 11 is 0. The summed E-state index contributed by atoms with van der Waals surface area (Å²) in [6.07, 6.45) is 0.663. The number of hydrogen-bond donors (Lipinski definition) is 2. The molecule has 1 aromatic rings. The smallest absolute Gasteiger partial charge is 0.371 e. The van der Waals surface area contributed by atoms with Gasteiger partial charge in [0.05, 0.1) is 0 Å². The van der Waals surface area contributed by atoms with Crippen LogP contribution in [-0.4, -0.2) is 22.0 Å². The van der Waals surface area contributed by atoms with Gasteiger partial charge in [0, 0.05) is 16.4 Å². The molecule has 5 nitrogen and oxygen atoms in total. The van der Waals surface area contributed by atoms with E-state index in [9.17, 15) is 9.59 Å². The normalized spacial score (nSPS) is 18.6. The Hall–Kier alpha value is -1.86. The van der Waals surface area contributed by atoms with Gasteiger partial charge in [0.25, 0.3) is 0 Å². The molecule has 98 valence electrons. The lowest BCUT2D eigenvalue weighted by molar-refractivity contribution is -0.135. The number of ketones is 1. The molecule has 0 aliphatic carbocycles. The minimum atomic E-state index is -1.54. The second kappa shape index (κ2) is 5.85. The third-order valence-corrected chi connectivity index (χ3v) is 5.29. The fourth-order valence-electron chi connectivity index (χ4n) is 1.23. The largest absolute Gasteiger partial charge is 0.502 e. The Morgan fingerprint density at radius 2 is 1.89 bits per heavy atom. The summed E-state index contributed by atoms with van der Waals surface area (Å²) in [5.74, 6) is -3.14. The Morgan fingerprint density at radius 1 is 1.21 bits per heavy atom. The molecule has 0 spiro atoms. The van der Waals surface area contributed by atoms with Crippen molar-refractivity contribution in [1.29, 1.82) is 0 Å². The van der Waals surface area contributed by atoms with Gasteiger partial charge in [0.2, 0.25) is 11.5 Å². The Balaban J connectivity index is 2.17. The van der Waals surface area contributed by atoms with Gasteiger partial charge in [-0.15, -0.1) is 0 Å². The van der Waals surface area contributed by atoms with E-state index in [0.29, 0.717) is 6.08 Å². The molecule has 0 saturated heterocycles. The summed E-state index contributed by atoms with van der Waals surface area (Å²) in [5, 5.41) is 19.1. The first-order valence-corrected chi connectivity index (χ1v) is 7.72. The van der Waals surface area contributed by atoms with Crippen LogP contribution in [0.25, 0.3) is 0 Å². The highest BCUT2D eigenvalue weighted by Crippen LogP contribution is 2.31. The van der Waals surface area contributed by atoms with Crippen LogP contribution in [0.1, 0.15) is 0 Å². The summed E-state index contributed by atoms with van der Waals surface area (Å²) in [6, 6.07) is 9.47. The third kappa shape index (κ3) is 3.33. The van der Waals surface area contributed by atoms with Crippen LogP contribution >= 0.6 is 10.8 Å². The average molecular weight is 295 g/mol. The standard InChI is InChI=1S/C12H9NO4S2/c14-10(6-11(15)12(16)17)9-7-18-19(13-9)8-4-2-1-3-5-8/h1-7,15H,(H,16,17). The molecule has 0 bridgehead atoms.